The number of phenols is 1. The SMILES string of the molecule is CCOC(=O)[C@H]1CCCN1S(=O)(=O)c1ccc(N2CCC(NC[C@H](O)c3ccc(O)c(NS(C)(=O)=O)c3)CC2)cc1. The van der Waals surface area contributed by atoms with Gasteiger partial charge in [0.15, 0.2) is 0 Å². The Morgan fingerprint density at radius 2 is 1.73 bits per heavy atom. The first kappa shape index (κ1) is 31.0. The minimum atomic E-state index is -3.83. The first-order chi connectivity index (χ1) is 19.4. The maximum absolute atomic E-state index is 13.2. The van der Waals surface area contributed by atoms with Gasteiger partial charge in [0.1, 0.15) is 11.8 Å². The molecule has 2 aliphatic heterocycles. The molecule has 2 aliphatic rings. The summed E-state index contributed by atoms with van der Waals surface area (Å²) in [6, 6.07) is 10.4. The van der Waals surface area contributed by atoms with Crippen LogP contribution in [0.25, 0.3) is 0 Å². The van der Waals surface area contributed by atoms with Gasteiger partial charge in [0.2, 0.25) is 20.0 Å². The highest BCUT2D eigenvalue weighted by molar-refractivity contribution is 7.92. The molecule has 41 heavy (non-hydrogen) atoms. The van der Waals surface area contributed by atoms with Gasteiger partial charge >= 0.3 is 5.97 Å². The molecule has 4 N–H and O–H groups in total. The van der Waals surface area contributed by atoms with Gasteiger partial charge in [0.25, 0.3) is 0 Å². The van der Waals surface area contributed by atoms with Crippen molar-refractivity contribution in [2.75, 3.05) is 48.7 Å². The van der Waals surface area contributed by atoms with Crippen molar-refractivity contribution in [2.45, 2.75) is 55.7 Å². The van der Waals surface area contributed by atoms with Crippen molar-refractivity contribution >= 4 is 37.4 Å². The number of nitrogens with zero attached hydrogens (tertiary/aromatic N) is 2. The number of aromatic hydroxyl groups is 1. The van der Waals surface area contributed by atoms with Crippen LogP contribution >= 0.6 is 0 Å². The van der Waals surface area contributed by atoms with E-state index >= 15 is 0 Å². The molecule has 4 rings (SSSR count). The van der Waals surface area contributed by atoms with Crippen LogP contribution in [-0.2, 0) is 29.6 Å². The number of aliphatic hydroxyl groups excluding tert-OH is 1. The van der Waals surface area contributed by atoms with Crippen molar-refractivity contribution in [2.24, 2.45) is 0 Å². The summed E-state index contributed by atoms with van der Waals surface area (Å²) in [7, 11) is -7.41. The molecule has 0 amide bonds. The van der Waals surface area contributed by atoms with Crippen LogP contribution in [0.5, 0.6) is 5.75 Å². The number of carbonyl (C=O) groups is 1. The highest BCUT2D eigenvalue weighted by Gasteiger charge is 2.40. The average Bonchev–Trinajstić information content (AvgIpc) is 3.44. The van der Waals surface area contributed by atoms with Crippen LogP contribution in [0.4, 0.5) is 11.4 Å². The van der Waals surface area contributed by atoms with Gasteiger partial charge in [-0.1, -0.05) is 6.07 Å². The van der Waals surface area contributed by atoms with Crippen molar-refractivity contribution in [1.29, 1.82) is 0 Å². The minimum absolute atomic E-state index is 0.00965. The number of carbonyl (C=O) groups excluding carboxylic acids is 1. The third kappa shape index (κ3) is 7.68. The predicted octanol–water partition coefficient (Wildman–Crippen LogP) is 1.77. The molecule has 14 heteroatoms. The second-order valence-corrected chi connectivity index (χ2v) is 14.0. The zero-order chi connectivity index (χ0) is 29.8. The predicted molar refractivity (Wildman–Crippen MR) is 155 cm³/mol. The third-order valence-electron chi connectivity index (χ3n) is 7.37. The number of sulfonamides is 2. The Kier molecular flexibility index (Phi) is 9.80. The molecule has 2 saturated heterocycles. The largest absolute Gasteiger partial charge is 0.506 e. The molecule has 0 spiro atoms. The molecule has 2 atom stereocenters. The first-order valence-corrected chi connectivity index (χ1v) is 17.0. The van der Waals surface area contributed by atoms with Gasteiger partial charge in [-0.15, -0.1) is 0 Å². The Balaban J connectivity index is 1.30. The summed E-state index contributed by atoms with van der Waals surface area (Å²) in [5, 5.41) is 23.9. The average molecular weight is 611 g/mol. The number of ether oxygens (including phenoxy) is 1. The van der Waals surface area contributed by atoms with Crippen molar-refractivity contribution in [3.63, 3.8) is 0 Å². The fourth-order valence-corrected chi connectivity index (χ4v) is 7.46. The molecule has 0 aliphatic carbocycles. The van der Waals surface area contributed by atoms with Gasteiger partial charge in [0.05, 0.1) is 29.5 Å². The fourth-order valence-electron chi connectivity index (χ4n) is 5.25. The second-order valence-electron chi connectivity index (χ2n) is 10.4. The number of hydrogen-bond acceptors (Lipinski definition) is 10. The Hall–Kier alpha value is -2.91. The number of hydrogen-bond donors (Lipinski definition) is 4. The smallest absolute Gasteiger partial charge is 0.324 e. The molecule has 0 saturated carbocycles. The van der Waals surface area contributed by atoms with Gasteiger partial charge in [0, 0.05) is 37.9 Å². The lowest BCUT2D eigenvalue weighted by Crippen LogP contribution is -2.43. The summed E-state index contributed by atoms with van der Waals surface area (Å²) in [4.78, 5) is 14.6. The number of benzene rings is 2. The Morgan fingerprint density at radius 3 is 2.37 bits per heavy atom. The van der Waals surface area contributed by atoms with E-state index in [1.54, 1.807) is 37.3 Å². The van der Waals surface area contributed by atoms with E-state index in [4.69, 9.17) is 4.74 Å². The summed E-state index contributed by atoms with van der Waals surface area (Å²) < 4.78 is 58.1. The van der Waals surface area contributed by atoms with E-state index in [1.807, 2.05) is 0 Å². The van der Waals surface area contributed by atoms with E-state index in [2.05, 4.69) is 14.9 Å². The quantitative estimate of drug-likeness (QED) is 0.218. The van der Waals surface area contributed by atoms with Crippen molar-refractivity contribution in [3.8, 4) is 5.75 Å². The van der Waals surface area contributed by atoms with Crippen LogP contribution in [-0.4, -0.2) is 88.4 Å². The highest BCUT2D eigenvalue weighted by atomic mass is 32.2. The summed E-state index contributed by atoms with van der Waals surface area (Å²) >= 11 is 0. The molecule has 0 unspecified atom stereocenters. The van der Waals surface area contributed by atoms with Crippen LogP contribution in [0.15, 0.2) is 47.4 Å². The number of piperidine rings is 1. The van der Waals surface area contributed by atoms with Gasteiger partial charge in [-0.05, 0) is 74.6 Å². The summed E-state index contributed by atoms with van der Waals surface area (Å²) in [6.45, 7) is 3.91. The van der Waals surface area contributed by atoms with Crippen molar-refractivity contribution < 1.29 is 36.6 Å². The van der Waals surface area contributed by atoms with Gasteiger partial charge < -0.3 is 25.2 Å². The van der Waals surface area contributed by atoms with E-state index in [-0.39, 0.29) is 42.1 Å². The van der Waals surface area contributed by atoms with E-state index in [0.29, 0.717) is 18.4 Å². The standard InChI is InChI=1S/C27H38N4O8S2/c1-3-39-27(34)24-5-4-14-31(24)41(37,38)22-9-7-21(8-10-22)30-15-12-20(13-16-30)28-18-26(33)19-6-11-25(32)23(17-19)29-40(2,35)36/h6-11,17,20,24,26,28-29,32-33H,3-5,12-16,18H2,1-2H3/t24-,26+/m1/s1. The number of aliphatic hydroxyl groups is 1. The number of nitrogens with one attached hydrogen (secondary N) is 2. The van der Waals surface area contributed by atoms with Crippen LogP contribution in [0, 0.1) is 0 Å². The monoisotopic (exact) mass is 610 g/mol. The van der Waals surface area contributed by atoms with Crippen LogP contribution in [0.3, 0.4) is 0 Å². The lowest BCUT2D eigenvalue weighted by atomic mass is 10.0. The molecule has 0 bridgehead atoms. The second kappa shape index (κ2) is 12.9. The van der Waals surface area contributed by atoms with Gasteiger partial charge in [-0.25, -0.2) is 16.8 Å². The van der Waals surface area contributed by atoms with Gasteiger partial charge in [-0.2, -0.15) is 4.31 Å². The number of anilines is 2. The van der Waals surface area contributed by atoms with Gasteiger partial charge in [-0.3, -0.25) is 9.52 Å². The van der Waals surface area contributed by atoms with E-state index in [9.17, 15) is 31.8 Å². The third-order valence-corrected chi connectivity index (χ3v) is 9.88. The molecule has 2 heterocycles. The zero-order valence-electron chi connectivity index (χ0n) is 23.2. The maximum Gasteiger partial charge on any atom is 0.324 e. The summed E-state index contributed by atoms with van der Waals surface area (Å²) in [6.07, 6.45) is 2.75. The summed E-state index contributed by atoms with van der Waals surface area (Å²) in [5.74, 6) is -0.736. The molecule has 2 fully saturated rings. The summed E-state index contributed by atoms with van der Waals surface area (Å²) in [5.41, 5.74) is 1.38. The number of esters is 1. The molecule has 2 aromatic rings. The van der Waals surface area contributed by atoms with E-state index < -0.39 is 38.2 Å². The number of rotatable bonds is 11. The lowest BCUT2D eigenvalue weighted by molar-refractivity contribution is -0.146. The fraction of sp³-hybridized carbons (Fsp3) is 0.519. The molecule has 12 nitrogen and oxygen atoms in total. The Labute approximate surface area is 241 Å². The minimum Gasteiger partial charge on any atom is -0.506 e. The highest BCUT2D eigenvalue weighted by Crippen LogP contribution is 2.30. The van der Waals surface area contributed by atoms with Crippen LogP contribution in [0.1, 0.15) is 44.3 Å². The van der Waals surface area contributed by atoms with Crippen LogP contribution in [0.2, 0.25) is 0 Å². The van der Waals surface area contributed by atoms with E-state index in [1.165, 1.54) is 16.4 Å². The molecule has 0 aromatic heterocycles. The van der Waals surface area contributed by atoms with Crippen molar-refractivity contribution in [1.82, 2.24) is 9.62 Å². The molecular weight excluding hydrogens is 572 g/mol. The molecule has 0 radical (unpaired) electrons. The number of phenolic OH excluding ortho intramolecular Hbond substituents is 1. The Bertz CT molecular complexity index is 1430. The van der Waals surface area contributed by atoms with Crippen molar-refractivity contribution in [3.05, 3.63) is 48.0 Å². The lowest BCUT2D eigenvalue weighted by Gasteiger charge is -2.34. The van der Waals surface area contributed by atoms with Crippen LogP contribution < -0.4 is 14.9 Å². The zero-order valence-corrected chi connectivity index (χ0v) is 24.8. The molecular formula is C27H38N4O8S2. The molecule has 2 aromatic carbocycles. The maximum atomic E-state index is 13.2. The normalized spacial score (nSPS) is 19.7. The molecule has 226 valence electrons. The first-order valence-electron chi connectivity index (χ1n) is 13.6. The Morgan fingerprint density at radius 1 is 1.05 bits per heavy atom. The topological polar surface area (TPSA) is 166 Å². The van der Waals surface area contributed by atoms with E-state index in [0.717, 1.165) is 37.9 Å².